The van der Waals surface area contributed by atoms with Crippen LogP contribution < -0.4 is 9.03 Å². The van der Waals surface area contributed by atoms with E-state index in [1.165, 1.54) is 19.1 Å². The van der Waals surface area contributed by atoms with Crippen LogP contribution in [0.5, 0.6) is 0 Å². The van der Waals surface area contributed by atoms with E-state index in [0.717, 1.165) is 10.6 Å². The maximum atomic E-state index is 11.9. The van der Waals surface area contributed by atoms with Gasteiger partial charge in [-0.05, 0) is 19.1 Å². The number of para-hydroxylation sites is 1. The summed E-state index contributed by atoms with van der Waals surface area (Å²) >= 11 is 12.0. The van der Waals surface area contributed by atoms with E-state index in [4.69, 9.17) is 23.2 Å². The first-order valence-corrected chi connectivity index (χ1v) is 10.2. The number of sulfonamides is 2. The van der Waals surface area contributed by atoms with Gasteiger partial charge in [0.15, 0.2) is 0 Å². The molecule has 120 valence electrons. The topological polar surface area (TPSA) is 83.6 Å². The SMILES string of the molecule is CCS(=O)(=O)NCCN(c1c(Cl)cccc1Cl)S(C)(=O)=O. The highest BCUT2D eigenvalue weighted by Gasteiger charge is 2.22. The van der Waals surface area contributed by atoms with Gasteiger partial charge in [0.2, 0.25) is 20.0 Å². The number of benzene rings is 1. The zero-order valence-electron chi connectivity index (χ0n) is 11.5. The molecule has 1 aromatic carbocycles. The number of hydrogen-bond donors (Lipinski definition) is 1. The lowest BCUT2D eigenvalue weighted by molar-refractivity contribution is 0.579. The Morgan fingerprint density at radius 3 is 2.10 bits per heavy atom. The van der Waals surface area contributed by atoms with Crippen LogP contribution in [0.1, 0.15) is 6.92 Å². The van der Waals surface area contributed by atoms with Crippen LogP contribution in [0.3, 0.4) is 0 Å². The van der Waals surface area contributed by atoms with Gasteiger partial charge >= 0.3 is 0 Å². The van der Waals surface area contributed by atoms with E-state index >= 15 is 0 Å². The minimum Gasteiger partial charge on any atom is -0.266 e. The molecule has 0 atom stereocenters. The highest BCUT2D eigenvalue weighted by Crippen LogP contribution is 2.34. The lowest BCUT2D eigenvalue weighted by Gasteiger charge is -2.24. The molecule has 0 heterocycles. The molecule has 6 nitrogen and oxygen atoms in total. The summed E-state index contributed by atoms with van der Waals surface area (Å²) in [6, 6.07) is 4.61. The molecule has 1 rings (SSSR count). The summed E-state index contributed by atoms with van der Waals surface area (Å²) in [5.41, 5.74) is 0.138. The average molecular weight is 375 g/mol. The smallest absolute Gasteiger partial charge is 0.232 e. The third-order valence-electron chi connectivity index (χ3n) is 2.60. The number of anilines is 1. The summed E-state index contributed by atoms with van der Waals surface area (Å²) in [5.74, 6) is -0.0846. The Morgan fingerprint density at radius 2 is 1.67 bits per heavy atom. The van der Waals surface area contributed by atoms with Gasteiger partial charge in [0.25, 0.3) is 0 Å². The van der Waals surface area contributed by atoms with Crippen molar-refractivity contribution in [3.63, 3.8) is 0 Å². The van der Waals surface area contributed by atoms with E-state index < -0.39 is 20.0 Å². The molecule has 0 aliphatic carbocycles. The molecule has 0 unspecified atom stereocenters. The fourth-order valence-corrected chi connectivity index (χ4v) is 3.83. The number of nitrogens with zero attached hydrogens (tertiary/aromatic N) is 1. The van der Waals surface area contributed by atoms with E-state index in [1.54, 1.807) is 6.07 Å². The normalized spacial score (nSPS) is 12.4. The standard InChI is InChI=1S/C11H16Cl2N2O4S2/c1-3-21(18,19)14-7-8-15(20(2,16)17)11-9(12)5-4-6-10(11)13/h4-6,14H,3,7-8H2,1-2H3. The van der Waals surface area contributed by atoms with Crippen molar-refractivity contribution in [2.24, 2.45) is 0 Å². The van der Waals surface area contributed by atoms with Crippen molar-refractivity contribution >= 4 is 48.9 Å². The third kappa shape index (κ3) is 5.30. The summed E-state index contributed by atoms with van der Waals surface area (Å²) in [7, 11) is -7.06. The lowest BCUT2D eigenvalue weighted by atomic mass is 10.3. The van der Waals surface area contributed by atoms with Crippen molar-refractivity contribution in [1.29, 1.82) is 0 Å². The maximum Gasteiger partial charge on any atom is 0.232 e. The Balaban J connectivity index is 3.04. The molecule has 0 radical (unpaired) electrons. The summed E-state index contributed by atoms with van der Waals surface area (Å²) < 4.78 is 49.8. The molecule has 0 aliphatic rings. The quantitative estimate of drug-likeness (QED) is 0.786. The highest BCUT2D eigenvalue weighted by molar-refractivity contribution is 7.92. The Bertz CT molecular complexity index is 685. The van der Waals surface area contributed by atoms with Gasteiger partial charge in [-0.15, -0.1) is 0 Å². The van der Waals surface area contributed by atoms with Gasteiger partial charge < -0.3 is 0 Å². The van der Waals surface area contributed by atoms with Crippen LogP contribution in [0.2, 0.25) is 10.0 Å². The fraction of sp³-hybridized carbons (Fsp3) is 0.455. The Labute approximate surface area is 135 Å². The molecule has 1 N–H and O–H groups in total. The van der Waals surface area contributed by atoms with Crippen molar-refractivity contribution in [3.05, 3.63) is 28.2 Å². The zero-order chi connectivity index (χ0) is 16.3. The average Bonchev–Trinajstić information content (AvgIpc) is 2.35. The third-order valence-corrected chi connectivity index (χ3v) is 5.78. The second-order valence-corrected chi connectivity index (χ2v) is 9.02. The molecule has 0 bridgehead atoms. The van der Waals surface area contributed by atoms with E-state index in [1.807, 2.05) is 0 Å². The number of nitrogens with one attached hydrogen (secondary N) is 1. The number of halogens is 2. The molecule has 0 aromatic heterocycles. The van der Waals surface area contributed by atoms with Gasteiger partial charge in [0, 0.05) is 13.1 Å². The molecule has 0 saturated heterocycles. The predicted molar refractivity (Wildman–Crippen MR) is 86.1 cm³/mol. The van der Waals surface area contributed by atoms with Crippen LogP contribution >= 0.6 is 23.2 Å². The van der Waals surface area contributed by atoms with Gasteiger partial charge in [0.1, 0.15) is 0 Å². The summed E-state index contributed by atoms with van der Waals surface area (Å²) in [6.45, 7) is 1.30. The van der Waals surface area contributed by atoms with Crippen LogP contribution in [-0.2, 0) is 20.0 Å². The van der Waals surface area contributed by atoms with E-state index in [0.29, 0.717) is 0 Å². The highest BCUT2D eigenvalue weighted by atomic mass is 35.5. The molecule has 1 aromatic rings. The van der Waals surface area contributed by atoms with Crippen molar-refractivity contribution < 1.29 is 16.8 Å². The minimum atomic E-state index is -3.66. The van der Waals surface area contributed by atoms with Crippen LogP contribution in [0.25, 0.3) is 0 Å². The second-order valence-electron chi connectivity index (χ2n) is 4.20. The van der Waals surface area contributed by atoms with Crippen LogP contribution in [0.15, 0.2) is 18.2 Å². The number of hydrogen-bond acceptors (Lipinski definition) is 4. The van der Waals surface area contributed by atoms with E-state index in [-0.39, 0.29) is 34.6 Å². The first kappa shape index (κ1) is 18.5. The van der Waals surface area contributed by atoms with Gasteiger partial charge in [-0.25, -0.2) is 21.6 Å². The van der Waals surface area contributed by atoms with Crippen LogP contribution in [-0.4, -0.2) is 41.9 Å². The molecule has 0 fully saturated rings. The summed E-state index contributed by atoms with van der Waals surface area (Å²) in [6.07, 6.45) is 1.00. The Kier molecular flexibility index (Phi) is 6.30. The molecular weight excluding hydrogens is 359 g/mol. The number of rotatable bonds is 7. The zero-order valence-corrected chi connectivity index (χ0v) is 14.7. The van der Waals surface area contributed by atoms with Gasteiger partial charge in [-0.1, -0.05) is 29.3 Å². The Morgan fingerprint density at radius 1 is 1.14 bits per heavy atom. The predicted octanol–water partition coefficient (Wildman–Crippen LogP) is 1.70. The van der Waals surface area contributed by atoms with Gasteiger partial charge in [-0.3, -0.25) is 4.31 Å². The largest absolute Gasteiger partial charge is 0.266 e. The monoisotopic (exact) mass is 374 g/mol. The van der Waals surface area contributed by atoms with Gasteiger partial charge in [0.05, 0.1) is 27.7 Å². The van der Waals surface area contributed by atoms with Crippen molar-refractivity contribution in [2.75, 3.05) is 29.4 Å². The van der Waals surface area contributed by atoms with Crippen molar-refractivity contribution in [2.45, 2.75) is 6.92 Å². The maximum absolute atomic E-state index is 11.9. The molecule has 0 aliphatic heterocycles. The molecule has 0 saturated carbocycles. The Hall–Kier alpha value is -0.540. The van der Waals surface area contributed by atoms with Crippen molar-refractivity contribution in [1.82, 2.24) is 4.72 Å². The summed E-state index contributed by atoms with van der Waals surface area (Å²) in [5, 5.41) is 0.345. The molecular formula is C11H16Cl2N2O4S2. The van der Waals surface area contributed by atoms with E-state index in [2.05, 4.69) is 4.72 Å². The lowest BCUT2D eigenvalue weighted by Crippen LogP contribution is -2.38. The van der Waals surface area contributed by atoms with Crippen LogP contribution in [0, 0.1) is 0 Å². The molecule has 21 heavy (non-hydrogen) atoms. The first-order chi connectivity index (χ1) is 9.58. The van der Waals surface area contributed by atoms with Crippen molar-refractivity contribution in [3.8, 4) is 0 Å². The minimum absolute atomic E-state index is 0.0786. The second kappa shape index (κ2) is 7.15. The fourth-order valence-electron chi connectivity index (χ4n) is 1.58. The van der Waals surface area contributed by atoms with Gasteiger partial charge in [-0.2, -0.15) is 0 Å². The first-order valence-electron chi connectivity index (χ1n) is 5.97. The summed E-state index contributed by atoms with van der Waals surface area (Å²) in [4.78, 5) is 0. The van der Waals surface area contributed by atoms with E-state index in [9.17, 15) is 16.8 Å². The van der Waals surface area contributed by atoms with Crippen LogP contribution in [0.4, 0.5) is 5.69 Å². The molecule has 10 heteroatoms. The molecule has 0 amide bonds. The molecule has 0 spiro atoms.